The molecule has 0 amide bonds. The molecule has 0 saturated carbocycles. The third kappa shape index (κ3) is 3.44. The van der Waals surface area contributed by atoms with E-state index in [0.717, 1.165) is 35.7 Å². The van der Waals surface area contributed by atoms with Gasteiger partial charge in [-0.1, -0.05) is 48.5 Å². The lowest BCUT2D eigenvalue weighted by atomic mass is 10.0. The van der Waals surface area contributed by atoms with Crippen LogP contribution >= 0.6 is 0 Å². The predicted molar refractivity (Wildman–Crippen MR) is 111 cm³/mol. The second-order valence-corrected chi connectivity index (χ2v) is 6.52. The molecule has 27 heavy (non-hydrogen) atoms. The summed E-state index contributed by atoms with van der Waals surface area (Å²) in [5.74, 6) is 1.82. The van der Waals surface area contributed by atoms with E-state index in [1.165, 1.54) is 16.3 Å². The van der Waals surface area contributed by atoms with Crippen molar-refractivity contribution >= 4 is 21.8 Å². The average Bonchev–Trinajstić information content (AvgIpc) is 3.05. The van der Waals surface area contributed by atoms with Crippen molar-refractivity contribution in [3.8, 4) is 5.75 Å². The Labute approximate surface area is 159 Å². The van der Waals surface area contributed by atoms with E-state index in [4.69, 9.17) is 9.72 Å². The van der Waals surface area contributed by atoms with Gasteiger partial charge in [-0.3, -0.25) is 0 Å². The van der Waals surface area contributed by atoms with Crippen molar-refractivity contribution in [1.29, 1.82) is 0 Å². The van der Waals surface area contributed by atoms with E-state index < -0.39 is 0 Å². The maximum absolute atomic E-state index is 5.33. The summed E-state index contributed by atoms with van der Waals surface area (Å²) >= 11 is 0. The highest BCUT2D eigenvalue weighted by Crippen LogP contribution is 2.22. The SMILES string of the molecule is C=CCn1c(CNCc2cccc3ccccc23)nc2cc(OC)ccc21. The molecule has 4 aromatic rings. The molecule has 4 nitrogen and oxygen atoms in total. The van der Waals surface area contributed by atoms with Gasteiger partial charge in [-0.2, -0.15) is 0 Å². The van der Waals surface area contributed by atoms with Crippen molar-refractivity contribution in [2.24, 2.45) is 0 Å². The number of allylic oxidation sites excluding steroid dienone is 1. The molecule has 1 heterocycles. The summed E-state index contributed by atoms with van der Waals surface area (Å²) in [5, 5.41) is 6.10. The molecule has 0 aliphatic heterocycles. The summed E-state index contributed by atoms with van der Waals surface area (Å²) < 4.78 is 7.52. The number of rotatable bonds is 7. The fourth-order valence-corrected chi connectivity index (χ4v) is 3.51. The topological polar surface area (TPSA) is 39.1 Å². The number of hydrogen-bond acceptors (Lipinski definition) is 3. The maximum Gasteiger partial charge on any atom is 0.124 e. The number of nitrogens with zero attached hydrogens (tertiary/aromatic N) is 2. The second kappa shape index (κ2) is 7.64. The Morgan fingerprint density at radius 3 is 2.78 bits per heavy atom. The lowest BCUT2D eigenvalue weighted by molar-refractivity contribution is 0.415. The highest BCUT2D eigenvalue weighted by atomic mass is 16.5. The Morgan fingerprint density at radius 2 is 1.93 bits per heavy atom. The van der Waals surface area contributed by atoms with Gasteiger partial charge in [-0.05, 0) is 28.5 Å². The Kier molecular flexibility index (Phi) is 4.90. The molecule has 136 valence electrons. The molecule has 0 aliphatic carbocycles. The summed E-state index contributed by atoms with van der Waals surface area (Å²) in [6.07, 6.45) is 1.90. The van der Waals surface area contributed by atoms with E-state index in [0.29, 0.717) is 6.54 Å². The van der Waals surface area contributed by atoms with Gasteiger partial charge in [0, 0.05) is 19.2 Å². The lowest BCUT2D eigenvalue weighted by Gasteiger charge is -2.10. The lowest BCUT2D eigenvalue weighted by Crippen LogP contribution is -2.16. The minimum atomic E-state index is 0.689. The predicted octanol–water partition coefficient (Wildman–Crippen LogP) is 4.67. The van der Waals surface area contributed by atoms with Crippen LogP contribution in [0.1, 0.15) is 11.4 Å². The fourth-order valence-electron chi connectivity index (χ4n) is 3.51. The van der Waals surface area contributed by atoms with Crippen molar-refractivity contribution in [3.63, 3.8) is 0 Å². The van der Waals surface area contributed by atoms with Crippen LogP contribution in [0.2, 0.25) is 0 Å². The van der Waals surface area contributed by atoms with Gasteiger partial charge in [-0.15, -0.1) is 6.58 Å². The molecular formula is C23H23N3O. The zero-order valence-electron chi connectivity index (χ0n) is 15.5. The Bertz CT molecular complexity index is 1090. The molecule has 4 heteroatoms. The summed E-state index contributed by atoms with van der Waals surface area (Å²) in [5.41, 5.74) is 3.33. The van der Waals surface area contributed by atoms with E-state index in [1.807, 2.05) is 18.2 Å². The van der Waals surface area contributed by atoms with Gasteiger partial charge in [0.05, 0.1) is 24.7 Å². The van der Waals surface area contributed by atoms with Crippen molar-refractivity contribution in [3.05, 3.63) is 84.7 Å². The van der Waals surface area contributed by atoms with Crippen LogP contribution in [-0.2, 0) is 19.6 Å². The normalized spacial score (nSPS) is 11.1. The number of benzene rings is 3. The third-order valence-electron chi connectivity index (χ3n) is 4.82. The Morgan fingerprint density at radius 1 is 1.07 bits per heavy atom. The van der Waals surface area contributed by atoms with Gasteiger partial charge in [0.25, 0.3) is 0 Å². The van der Waals surface area contributed by atoms with Crippen LogP contribution in [0.4, 0.5) is 0 Å². The third-order valence-corrected chi connectivity index (χ3v) is 4.82. The molecular weight excluding hydrogens is 334 g/mol. The van der Waals surface area contributed by atoms with Gasteiger partial charge in [0.15, 0.2) is 0 Å². The van der Waals surface area contributed by atoms with Crippen LogP contribution in [-0.4, -0.2) is 16.7 Å². The Hall–Kier alpha value is -3.11. The number of fused-ring (bicyclic) bond motifs is 2. The first-order chi connectivity index (χ1) is 13.3. The first-order valence-corrected chi connectivity index (χ1v) is 9.11. The molecule has 0 bridgehead atoms. The standard InChI is InChI=1S/C23H23N3O/c1-3-13-26-22-12-11-19(27-2)14-21(22)25-23(26)16-24-15-18-9-6-8-17-7-4-5-10-20(17)18/h3-12,14,24H,1,13,15-16H2,2H3. The second-order valence-electron chi connectivity index (χ2n) is 6.52. The minimum absolute atomic E-state index is 0.689. The average molecular weight is 357 g/mol. The van der Waals surface area contributed by atoms with Crippen LogP contribution < -0.4 is 10.1 Å². The first kappa shape index (κ1) is 17.3. The molecule has 3 aromatic carbocycles. The number of nitrogens with one attached hydrogen (secondary N) is 1. The van der Waals surface area contributed by atoms with Crippen molar-refractivity contribution in [2.75, 3.05) is 7.11 Å². The monoisotopic (exact) mass is 357 g/mol. The highest BCUT2D eigenvalue weighted by Gasteiger charge is 2.11. The van der Waals surface area contributed by atoms with Crippen LogP contribution in [0.15, 0.2) is 73.3 Å². The number of ether oxygens (including phenoxy) is 1. The molecule has 0 saturated heterocycles. The van der Waals surface area contributed by atoms with Gasteiger partial charge in [0.2, 0.25) is 0 Å². The molecule has 4 rings (SSSR count). The summed E-state index contributed by atoms with van der Waals surface area (Å²) in [6.45, 7) is 6.10. The van der Waals surface area contributed by atoms with Gasteiger partial charge in [-0.25, -0.2) is 4.98 Å². The zero-order valence-corrected chi connectivity index (χ0v) is 15.5. The largest absolute Gasteiger partial charge is 0.497 e. The molecule has 0 aliphatic rings. The van der Waals surface area contributed by atoms with Crippen LogP contribution in [0.3, 0.4) is 0 Å². The minimum Gasteiger partial charge on any atom is -0.497 e. The van der Waals surface area contributed by atoms with E-state index in [2.05, 4.69) is 65.0 Å². The van der Waals surface area contributed by atoms with Gasteiger partial charge < -0.3 is 14.6 Å². The summed E-state index contributed by atoms with van der Waals surface area (Å²) in [7, 11) is 1.68. The van der Waals surface area contributed by atoms with Gasteiger partial charge in [0.1, 0.15) is 11.6 Å². The molecule has 0 fully saturated rings. The molecule has 1 aromatic heterocycles. The zero-order chi connectivity index (χ0) is 18.6. The smallest absolute Gasteiger partial charge is 0.124 e. The number of methoxy groups -OCH3 is 1. The summed E-state index contributed by atoms with van der Waals surface area (Å²) in [6, 6.07) is 20.9. The molecule has 0 atom stereocenters. The number of hydrogen-bond donors (Lipinski definition) is 1. The quantitative estimate of drug-likeness (QED) is 0.488. The van der Waals surface area contributed by atoms with E-state index >= 15 is 0 Å². The highest BCUT2D eigenvalue weighted by molar-refractivity contribution is 5.85. The van der Waals surface area contributed by atoms with Crippen LogP contribution in [0, 0.1) is 0 Å². The first-order valence-electron chi connectivity index (χ1n) is 9.11. The van der Waals surface area contributed by atoms with E-state index in [9.17, 15) is 0 Å². The number of imidazole rings is 1. The molecule has 1 N–H and O–H groups in total. The van der Waals surface area contributed by atoms with Crippen molar-refractivity contribution in [1.82, 2.24) is 14.9 Å². The molecule has 0 unspecified atom stereocenters. The van der Waals surface area contributed by atoms with Gasteiger partial charge >= 0.3 is 0 Å². The number of aromatic nitrogens is 2. The molecule has 0 radical (unpaired) electrons. The Balaban J connectivity index is 1.57. The maximum atomic E-state index is 5.33. The van der Waals surface area contributed by atoms with E-state index in [1.54, 1.807) is 7.11 Å². The fraction of sp³-hybridized carbons (Fsp3) is 0.174. The van der Waals surface area contributed by atoms with E-state index in [-0.39, 0.29) is 0 Å². The molecule has 0 spiro atoms. The van der Waals surface area contributed by atoms with Crippen LogP contribution in [0.5, 0.6) is 5.75 Å². The van der Waals surface area contributed by atoms with Crippen molar-refractivity contribution < 1.29 is 4.74 Å². The summed E-state index contributed by atoms with van der Waals surface area (Å²) in [4.78, 5) is 4.81. The van der Waals surface area contributed by atoms with Crippen molar-refractivity contribution in [2.45, 2.75) is 19.6 Å². The van der Waals surface area contributed by atoms with Crippen LogP contribution in [0.25, 0.3) is 21.8 Å².